The number of para-hydroxylation sites is 1. The van der Waals surface area contributed by atoms with E-state index in [-0.39, 0.29) is 0 Å². The maximum absolute atomic E-state index is 5.47. The van der Waals surface area contributed by atoms with E-state index in [0.29, 0.717) is 5.89 Å². The summed E-state index contributed by atoms with van der Waals surface area (Å²) >= 11 is 0. The molecule has 0 N–H and O–H groups in total. The first kappa shape index (κ1) is 15.0. The van der Waals surface area contributed by atoms with Gasteiger partial charge in [-0.25, -0.2) is 0 Å². The van der Waals surface area contributed by atoms with Gasteiger partial charge in [-0.3, -0.25) is 0 Å². The van der Waals surface area contributed by atoms with Crippen molar-refractivity contribution in [2.45, 2.75) is 13.8 Å². The molecular weight excluding hydrogens is 288 g/mol. The predicted molar refractivity (Wildman–Crippen MR) is 90.2 cm³/mol. The van der Waals surface area contributed by atoms with Gasteiger partial charge in [0.2, 0.25) is 0 Å². The van der Waals surface area contributed by atoms with Crippen molar-refractivity contribution >= 4 is 11.6 Å². The second kappa shape index (κ2) is 6.48. The van der Waals surface area contributed by atoms with E-state index in [1.165, 1.54) is 17.5 Å². The number of methoxy groups -OCH3 is 1. The molecule has 0 fully saturated rings. The van der Waals surface area contributed by atoms with Gasteiger partial charge in [0.15, 0.2) is 6.33 Å². The molecule has 0 saturated heterocycles. The molecule has 0 aliphatic rings. The molecule has 3 rings (SSSR count). The highest BCUT2D eigenvalue weighted by Gasteiger charge is 2.15. The quantitative estimate of drug-likeness (QED) is 0.675. The van der Waals surface area contributed by atoms with Crippen LogP contribution in [0.15, 0.2) is 53.3 Å². The van der Waals surface area contributed by atoms with Crippen molar-refractivity contribution in [2.75, 3.05) is 7.11 Å². The van der Waals surface area contributed by atoms with E-state index in [4.69, 9.17) is 9.26 Å². The Balaban J connectivity index is 2.16. The van der Waals surface area contributed by atoms with Crippen LogP contribution >= 0.6 is 0 Å². The second-order valence-corrected chi connectivity index (χ2v) is 5.35. The molecule has 0 spiro atoms. The Morgan fingerprint density at radius 3 is 2.61 bits per heavy atom. The van der Waals surface area contributed by atoms with Gasteiger partial charge >= 0.3 is 0 Å². The molecule has 4 nitrogen and oxygen atoms in total. The van der Waals surface area contributed by atoms with Gasteiger partial charge in [-0.15, -0.1) is 0 Å². The lowest BCUT2D eigenvalue weighted by molar-refractivity contribution is 0.403. The van der Waals surface area contributed by atoms with Crippen LogP contribution in [0.3, 0.4) is 0 Å². The molecule has 116 valence electrons. The van der Waals surface area contributed by atoms with E-state index in [1.54, 1.807) is 7.11 Å². The fourth-order valence-corrected chi connectivity index (χ4v) is 2.43. The van der Waals surface area contributed by atoms with Crippen LogP contribution in [0.2, 0.25) is 0 Å². The van der Waals surface area contributed by atoms with E-state index < -0.39 is 0 Å². The number of hydrogen-bond donors (Lipinski definition) is 0. The maximum Gasteiger partial charge on any atom is 0.258 e. The summed E-state index contributed by atoms with van der Waals surface area (Å²) in [5.74, 6) is 1.23. The van der Waals surface area contributed by atoms with Crippen LogP contribution in [0.5, 0.6) is 5.75 Å². The van der Waals surface area contributed by atoms with E-state index in [9.17, 15) is 0 Å². The molecule has 0 unspecified atom stereocenters. The summed E-state index contributed by atoms with van der Waals surface area (Å²) in [6, 6.07) is 14.1. The van der Waals surface area contributed by atoms with Crippen LogP contribution in [-0.4, -0.2) is 17.3 Å². The number of aryl methyl sites for hydroxylation is 2. The Morgan fingerprint density at radius 2 is 1.91 bits per heavy atom. The van der Waals surface area contributed by atoms with Crippen molar-refractivity contribution in [3.63, 3.8) is 0 Å². The van der Waals surface area contributed by atoms with Crippen molar-refractivity contribution in [1.29, 1.82) is 0 Å². The normalized spacial score (nSPS) is 11.5. The number of ether oxygens (including phenoxy) is 1. The van der Waals surface area contributed by atoms with Gasteiger partial charge < -0.3 is 9.26 Å². The lowest BCUT2D eigenvalue weighted by Crippen LogP contribution is -1.94. The zero-order chi connectivity index (χ0) is 16.2. The Hall–Kier alpha value is -2.88. The SMILES string of the molecule is COc1ccccc1/C(=C\c1ccc(C)c(C)c1)c1ncno1. The monoisotopic (exact) mass is 306 g/mol. The van der Waals surface area contributed by atoms with Crippen molar-refractivity contribution < 1.29 is 9.26 Å². The second-order valence-electron chi connectivity index (χ2n) is 5.35. The zero-order valence-corrected chi connectivity index (χ0v) is 13.4. The standard InChI is InChI=1S/C19H18N2O2/c1-13-8-9-15(10-14(13)2)11-17(19-20-12-21-23-19)16-6-4-5-7-18(16)22-3/h4-12H,1-3H3/b17-11+. The summed E-state index contributed by atoms with van der Waals surface area (Å²) in [7, 11) is 1.65. The lowest BCUT2D eigenvalue weighted by Gasteiger charge is -2.10. The van der Waals surface area contributed by atoms with Gasteiger partial charge in [0.05, 0.1) is 12.7 Å². The molecule has 0 aliphatic carbocycles. The first-order valence-electron chi connectivity index (χ1n) is 7.38. The Kier molecular flexibility index (Phi) is 4.24. The average Bonchev–Trinajstić information content (AvgIpc) is 3.10. The largest absolute Gasteiger partial charge is 0.496 e. The van der Waals surface area contributed by atoms with Crippen molar-refractivity contribution in [1.82, 2.24) is 10.1 Å². The minimum Gasteiger partial charge on any atom is -0.496 e. The van der Waals surface area contributed by atoms with E-state index >= 15 is 0 Å². The fourth-order valence-electron chi connectivity index (χ4n) is 2.43. The highest BCUT2D eigenvalue weighted by atomic mass is 16.5. The summed E-state index contributed by atoms with van der Waals surface area (Å²) in [5.41, 5.74) is 5.33. The molecule has 0 bridgehead atoms. The van der Waals surface area contributed by atoms with E-state index in [2.05, 4.69) is 42.2 Å². The first-order valence-corrected chi connectivity index (χ1v) is 7.38. The number of benzene rings is 2. The summed E-state index contributed by atoms with van der Waals surface area (Å²) in [6.45, 7) is 4.20. The third kappa shape index (κ3) is 3.16. The van der Waals surface area contributed by atoms with Gasteiger partial charge in [-0.1, -0.05) is 41.6 Å². The van der Waals surface area contributed by atoms with Gasteiger partial charge in [0, 0.05) is 5.56 Å². The van der Waals surface area contributed by atoms with Crippen LogP contribution in [0.25, 0.3) is 11.6 Å². The third-order valence-corrected chi connectivity index (χ3v) is 3.83. The number of nitrogens with zero attached hydrogens (tertiary/aromatic N) is 2. The summed E-state index contributed by atoms with van der Waals surface area (Å²) in [4.78, 5) is 4.20. The first-order chi connectivity index (χ1) is 11.2. The number of aromatic nitrogens is 2. The topological polar surface area (TPSA) is 48.2 Å². The smallest absolute Gasteiger partial charge is 0.258 e. The Morgan fingerprint density at radius 1 is 1.09 bits per heavy atom. The van der Waals surface area contributed by atoms with Gasteiger partial charge in [-0.05, 0) is 42.7 Å². The van der Waals surface area contributed by atoms with Crippen LogP contribution in [0.4, 0.5) is 0 Å². The molecule has 23 heavy (non-hydrogen) atoms. The van der Waals surface area contributed by atoms with E-state index in [0.717, 1.165) is 22.4 Å². The summed E-state index contributed by atoms with van der Waals surface area (Å²) in [6.07, 6.45) is 3.44. The molecule has 0 atom stereocenters. The lowest BCUT2D eigenvalue weighted by atomic mass is 9.99. The molecule has 1 aromatic heterocycles. The molecule has 1 heterocycles. The van der Waals surface area contributed by atoms with Crippen LogP contribution < -0.4 is 4.74 Å². The van der Waals surface area contributed by atoms with Crippen LogP contribution in [0.1, 0.15) is 28.1 Å². The van der Waals surface area contributed by atoms with Crippen LogP contribution in [0, 0.1) is 13.8 Å². The predicted octanol–water partition coefficient (Wildman–Crippen LogP) is 4.28. The van der Waals surface area contributed by atoms with E-state index in [1.807, 2.05) is 30.3 Å². The molecule has 3 aromatic rings. The molecule has 0 amide bonds. The van der Waals surface area contributed by atoms with Crippen molar-refractivity contribution in [2.24, 2.45) is 0 Å². The zero-order valence-electron chi connectivity index (χ0n) is 13.4. The fraction of sp³-hybridized carbons (Fsp3) is 0.158. The minimum absolute atomic E-state index is 0.465. The minimum atomic E-state index is 0.465. The highest BCUT2D eigenvalue weighted by Crippen LogP contribution is 2.31. The molecule has 0 aliphatic heterocycles. The summed E-state index contributed by atoms with van der Waals surface area (Å²) in [5, 5.41) is 3.73. The summed E-state index contributed by atoms with van der Waals surface area (Å²) < 4.78 is 10.8. The molecule has 4 heteroatoms. The van der Waals surface area contributed by atoms with Crippen LogP contribution in [-0.2, 0) is 0 Å². The van der Waals surface area contributed by atoms with Crippen molar-refractivity contribution in [3.8, 4) is 5.75 Å². The van der Waals surface area contributed by atoms with Gasteiger partial charge in [-0.2, -0.15) is 4.98 Å². The molecule has 2 aromatic carbocycles. The van der Waals surface area contributed by atoms with Crippen molar-refractivity contribution in [3.05, 3.63) is 76.9 Å². The third-order valence-electron chi connectivity index (χ3n) is 3.83. The Bertz CT molecular complexity index is 836. The maximum atomic E-state index is 5.47. The molecular formula is C19H18N2O2. The molecule has 0 radical (unpaired) electrons. The Labute approximate surface area is 135 Å². The van der Waals surface area contributed by atoms with Gasteiger partial charge in [0.25, 0.3) is 5.89 Å². The van der Waals surface area contributed by atoms with Gasteiger partial charge in [0.1, 0.15) is 5.75 Å². The average molecular weight is 306 g/mol. The molecule has 0 saturated carbocycles. The number of hydrogen-bond acceptors (Lipinski definition) is 4. The number of rotatable bonds is 4. The highest BCUT2D eigenvalue weighted by molar-refractivity contribution is 5.90.